The lowest BCUT2D eigenvalue weighted by Crippen LogP contribution is -2.12. The first-order valence-corrected chi connectivity index (χ1v) is 6.93. The standard InChI is InChI=1S/C13H13ClN2OS/c14-10-6-7-15-12(9-10)16-13(17)5-1-3-11-4-2-8-18-11/h2,4,6-9H,1,3,5H2,(H,15,16,17). The van der Waals surface area contributed by atoms with Crippen LogP contribution in [0.25, 0.3) is 0 Å². The first kappa shape index (κ1) is 13.1. The van der Waals surface area contributed by atoms with E-state index in [1.807, 2.05) is 11.4 Å². The van der Waals surface area contributed by atoms with Crippen LogP contribution in [-0.2, 0) is 11.2 Å². The highest BCUT2D eigenvalue weighted by atomic mass is 35.5. The van der Waals surface area contributed by atoms with E-state index in [0.29, 0.717) is 17.3 Å². The predicted octanol–water partition coefficient (Wildman–Crippen LogP) is 3.76. The van der Waals surface area contributed by atoms with Crippen molar-refractivity contribution < 1.29 is 4.79 Å². The Morgan fingerprint density at radius 1 is 1.44 bits per heavy atom. The van der Waals surface area contributed by atoms with Crippen LogP contribution in [0.3, 0.4) is 0 Å². The minimum atomic E-state index is -0.0266. The molecule has 0 aliphatic rings. The lowest BCUT2D eigenvalue weighted by atomic mass is 10.2. The molecule has 0 aliphatic heterocycles. The first-order chi connectivity index (χ1) is 8.74. The number of carbonyl (C=O) groups is 1. The molecule has 1 N–H and O–H groups in total. The number of thiophene rings is 1. The molecule has 0 unspecified atom stereocenters. The van der Waals surface area contributed by atoms with Gasteiger partial charge in [0.25, 0.3) is 0 Å². The summed E-state index contributed by atoms with van der Waals surface area (Å²) in [7, 11) is 0. The molecule has 2 heterocycles. The average Bonchev–Trinajstić information content (AvgIpc) is 2.82. The second kappa shape index (κ2) is 6.52. The summed E-state index contributed by atoms with van der Waals surface area (Å²) in [4.78, 5) is 17.0. The molecule has 0 fully saturated rings. The third kappa shape index (κ3) is 4.13. The van der Waals surface area contributed by atoms with E-state index in [1.165, 1.54) is 4.88 Å². The van der Waals surface area contributed by atoms with Gasteiger partial charge in [-0.2, -0.15) is 0 Å². The number of carbonyl (C=O) groups excluding carboxylic acids is 1. The highest BCUT2D eigenvalue weighted by Crippen LogP contribution is 2.14. The number of pyridine rings is 1. The topological polar surface area (TPSA) is 42.0 Å². The average molecular weight is 281 g/mol. The van der Waals surface area contributed by atoms with Gasteiger partial charge in [-0.3, -0.25) is 4.79 Å². The molecule has 2 aromatic rings. The van der Waals surface area contributed by atoms with Crippen LogP contribution in [0, 0.1) is 0 Å². The zero-order valence-electron chi connectivity index (χ0n) is 9.73. The summed E-state index contributed by atoms with van der Waals surface area (Å²) in [5, 5.41) is 5.35. The summed E-state index contributed by atoms with van der Waals surface area (Å²) in [6.45, 7) is 0. The highest BCUT2D eigenvalue weighted by molar-refractivity contribution is 7.09. The molecule has 0 radical (unpaired) electrons. The van der Waals surface area contributed by atoms with E-state index < -0.39 is 0 Å². The van der Waals surface area contributed by atoms with Gasteiger partial charge in [0, 0.05) is 22.5 Å². The summed E-state index contributed by atoms with van der Waals surface area (Å²) in [6, 6.07) is 7.42. The molecule has 2 aromatic heterocycles. The first-order valence-electron chi connectivity index (χ1n) is 5.68. The van der Waals surface area contributed by atoms with E-state index in [-0.39, 0.29) is 5.91 Å². The summed E-state index contributed by atoms with van der Waals surface area (Å²) >= 11 is 7.53. The summed E-state index contributed by atoms with van der Waals surface area (Å²) < 4.78 is 0. The summed E-state index contributed by atoms with van der Waals surface area (Å²) in [5.74, 6) is 0.477. The number of anilines is 1. The molecule has 0 atom stereocenters. The zero-order chi connectivity index (χ0) is 12.8. The van der Waals surface area contributed by atoms with Crippen LogP contribution in [0.4, 0.5) is 5.82 Å². The number of hydrogen-bond acceptors (Lipinski definition) is 3. The number of nitrogens with one attached hydrogen (secondary N) is 1. The van der Waals surface area contributed by atoms with Gasteiger partial charge in [0.2, 0.25) is 5.91 Å². The molecular formula is C13H13ClN2OS. The number of amides is 1. The van der Waals surface area contributed by atoms with Crippen molar-refractivity contribution in [3.8, 4) is 0 Å². The number of halogens is 1. The second-order valence-corrected chi connectivity index (χ2v) is 5.31. The molecule has 0 aromatic carbocycles. The van der Waals surface area contributed by atoms with Gasteiger partial charge in [-0.15, -0.1) is 11.3 Å². The summed E-state index contributed by atoms with van der Waals surface area (Å²) in [6.07, 6.45) is 3.84. The van der Waals surface area contributed by atoms with Crippen molar-refractivity contribution in [1.29, 1.82) is 0 Å². The van der Waals surface area contributed by atoms with E-state index in [2.05, 4.69) is 16.4 Å². The molecule has 94 valence electrons. The Kier molecular flexibility index (Phi) is 4.73. The van der Waals surface area contributed by atoms with Gasteiger partial charge in [0.05, 0.1) is 0 Å². The number of aryl methyl sites for hydroxylation is 1. The SMILES string of the molecule is O=C(CCCc1cccs1)Nc1cc(Cl)ccn1. The largest absolute Gasteiger partial charge is 0.311 e. The molecule has 18 heavy (non-hydrogen) atoms. The number of hydrogen-bond donors (Lipinski definition) is 1. The van der Waals surface area contributed by atoms with Crippen LogP contribution in [0.2, 0.25) is 5.02 Å². The van der Waals surface area contributed by atoms with Gasteiger partial charge < -0.3 is 5.32 Å². The van der Waals surface area contributed by atoms with E-state index in [1.54, 1.807) is 29.7 Å². The molecule has 2 rings (SSSR count). The highest BCUT2D eigenvalue weighted by Gasteiger charge is 2.04. The maximum Gasteiger partial charge on any atom is 0.225 e. The Balaban J connectivity index is 1.75. The Bertz CT molecular complexity index is 513. The van der Waals surface area contributed by atoms with Crippen LogP contribution in [0.15, 0.2) is 35.8 Å². The van der Waals surface area contributed by atoms with Gasteiger partial charge in [0.15, 0.2) is 0 Å². The number of nitrogens with zero attached hydrogens (tertiary/aromatic N) is 1. The van der Waals surface area contributed by atoms with Crippen LogP contribution in [0.1, 0.15) is 17.7 Å². The van der Waals surface area contributed by atoms with Crippen molar-refractivity contribution in [2.75, 3.05) is 5.32 Å². The molecule has 0 bridgehead atoms. The lowest BCUT2D eigenvalue weighted by molar-refractivity contribution is -0.116. The van der Waals surface area contributed by atoms with Crippen molar-refractivity contribution in [2.45, 2.75) is 19.3 Å². The molecule has 0 spiro atoms. The third-order valence-electron chi connectivity index (χ3n) is 2.40. The van der Waals surface area contributed by atoms with Crippen LogP contribution >= 0.6 is 22.9 Å². The lowest BCUT2D eigenvalue weighted by Gasteiger charge is -2.04. The van der Waals surface area contributed by atoms with Gasteiger partial charge in [-0.05, 0) is 36.4 Å². The molecule has 0 saturated carbocycles. The van der Waals surface area contributed by atoms with E-state index >= 15 is 0 Å². The van der Waals surface area contributed by atoms with Crippen molar-refractivity contribution in [3.63, 3.8) is 0 Å². The van der Waals surface area contributed by atoms with Crippen molar-refractivity contribution in [1.82, 2.24) is 4.98 Å². The quantitative estimate of drug-likeness (QED) is 0.906. The Hall–Kier alpha value is -1.39. The van der Waals surface area contributed by atoms with Gasteiger partial charge >= 0.3 is 0 Å². The molecule has 0 aliphatic carbocycles. The van der Waals surface area contributed by atoms with Gasteiger partial charge in [0.1, 0.15) is 5.82 Å². The fourth-order valence-electron chi connectivity index (χ4n) is 1.56. The normalized spacial score (nSPS) is 10.3. The van der Waals surface area contributed by atoms with E-state index in [9.17, 15) is 4.79 Å². The van der Waals surface area contributed by atoms with Gasteiger partial charge in [-0.25, -0.2) is 4.98 Å². The second-order valence-electron chi connectivity index (χ2n) is 3.84. The van der Waals surface area contributed by atoms with Crippen molar-refractivity contribution in [2.24, 2.45) is 0 Å². The van der Waals surface area contributed by atoms with Gasteiger partial charge in [-0.1, -0.05) is 17.7 Å². The Morgan fingerprint density at radius 3 is 3.06 bits per heavy atom. The smallest absolute Gasteiger partial charge is 0.225 e. The summed E-state index contributed by atoms with van der Waals surface area (Å²) in [5.41, 5.74) is 0. The maximum absolute atomic E-state index is 11.7. The van der Waals surface area contributed by atoms with E-state index in [4.69, 9.17) is 11.6 Å². The number of rotatable bonds is 5. The fourth-order valence-corrected chi connectivity index (χ4v) is 2.47. The maximum atomic E-state index is 11.7. The predicted molar refractivity (Wildman–Crippen MR) is 75.1 cm³/mol. The van der Waals surface area contributed by atoms with Crippen LogP contribution in [-0.4, -0.2) is 10.9 Å². The zero-order valence-corrected chi connectivity index (χ0v) is 11.3. The molecule has 3 nitrogen and oxygen atoms in total. The molecular weight excluding hydrogens is 268 g/mol. The Morgan fingerprint density at radius 2 is 2.33 bits per heavy atom. The van der Waals surface area contributed by atoms with Crippen LogP contribution < -0.4 is 5.32 Å². The van der Waals surface area contributed by atoms with Crippen LogP contribution in [0.5, 0.6) is 0 Å². The minimum Gasteiger partial charge on any atom is -0.311 e. The van der Waals surface area contributed by atoms with Crippen molar-refractivity contribution >= 4 is 34.7 Å². The fraction of sp³-hybridized carbons (Fsp3) is 0.231. The monoisotopic (exact) mass is 280 g/mol. The van der Waals surface area contributed by atoms with E-state index in [0.717, 1.165) is 12.8 Å². The molecule has 5 heteroatoms. The van der Waals surface area contributed by atoms with Crippen molar-refractivity contribution in [3.05, 3.63) is 45.7 Å². The molecule has 0 saturated heterocycles. The number of aromatic nitrogens is 1. The Labute approximate surface area is 115 Å². The third-order valence-corrected chi connectivity index (χ3v) is 3.57. The molecule has 1 amide bonds. The minimum absolute atomic E-state index is 0.0266.